The molecule has 1 N–H and O–H groups in total. The van der Waals surface area contributed by atoms with Crippen molar-refractivity contribution in [1.29, 1.82) is 0 Å². The predicted molar refractivity (Wildman–Crippen MR) is 87.2 cm³/mol. The van der Waals surface area contributed by atoms with Gasteiger partial charge in [0, 0.05) is 17.1 Å². The number of anilines is 1. The highest BCUT2D eigenvalue weighted by atomic mass is 79.9. The lowest BCUT2D eigenvalue weighted by molar-refractivity contribution is -0.384. The van der Waals surface area contributed by atoms with E-state index in [9.17, 15) is 14.9 Å². The first-order valence-corrected chi connectivity index (χ1v) is 8.12. The number of ether oxygens (including phenoxy) is 1. The number of methoxy groups -OCH3 is 1. The number of carbonyl (C=O) groups is 1. The molecule has 1 saturated carbocycles. The molecule has 0 bridgehead atoms. The van der Waals surface area contributed by atoms with Crippen LogP contribution < -0.4 is 5.32 Å². The average molecular weight is 371 g/mol. The van der Waals surface area contributed by atoms with E-state index in [0.29, 0.717) is 16.9 Å². The van der Waals surface area contributed by atoms with E-state index in [1.807, 2.05) is 0 Å². The molecule has 0 saturated heterocycles. The van der Waals surface area contributed by atoms with Crippen molar-refractivity contribution in [1.82, 2.24) is 0 Å². The lowest BCUT2D eigenvalue weighted by atomic mass is 9.89. The van der Waals surface area contributed by atoms with Crippen LogP contribution in [-0.2, 0) is 4.74 Å². The van der Waals surface area contributed by atoms with Crippen LogP contribution in [0.25, 0.3) is 0 Å². The molecule has 0 unspecified atom stereocenters. The lowest BCUT2D eigenvalue weighted by Crippen LogP contribution is -2.19. The fraction of sp³-hybridized carbons (Fsp3) is 0.533. The second-order valence-corrected chi connectivity index (χ2v) is 6.40. The zero-order valence-electron chi connectivity index (χ0n) is 12.4. The highest BCUT2D eigenvalue weighted by Gasteiger charge is 2.25. The maximum absolute atomic E-state index is 11.9. The Labute approximate surface area is 137 Å². The molecule has 1 aromatic carbocycles. The Bertz CT molecular complexity index is 571. The first-order chi connectivity index (χ1) is 10.5. The van der Waals surface area contributed by atoms with Gasteiger partial charge in [-0.2, -0.15) is 0 Å². The van der Waals surface area contributed by atoms with Crippen molar-refractivity contribution in [2.24, 2.45) is 5.92 Å². The summed E-state index contributed by atoms with van der Waals surface area (Å²) in [6.45, 7) is 0.631. The van der Waals surface area contributed by atoms with Gasteiger partial charge in [0.2, 0.25) is 0 Å². The molecule has 7 heteroatoms. The highest BCUT2D eigenvalue weighted by molar-refractivity contribution is 9.10. The van der Waals surface area contributed by atoms with E-state index in [1.54, 1.807) is 6.07 Å². The van der Waals surface area contributed by atoms with Crippen LogP contribution in [-0.4, -0.2) is 24.5 Å². The topological polar surface area (TPSA) is 81.5 Å². The zero-order valence-corrected chi connectivity index (χ0v) is 14.0. The van der Waals surface area contributed by atoms with E-state index in [-0.39, 0.29) is 16.9 Å². The van der Waals surface area contributed by atoms with Gasteiger partial charge in [0.1, 0.15) is 5.69 Å². The smallest absolute Gasteiger partial charge is 0.340 e. The van der Waals surface area contributed by atoms with E-state index >= 15 is 0 Å². The van der Waals surface area contributed by atoms with Gasteiger partial charge in [0.05, 0.1) is 17.6 Å². The maximum atomic E-state index is 11.9. The molecule has 1 aliphatic rings. The monoisotopic (exact) mass is 370 g/mol. The fourth-order valence-electron chi connectivity index (χ4n) is 2.83. The summed E-state index contributed by atoms with van der Waals surface area (Å²) in [7, 11) is 1.26. The molecule has 1 aromatic rings. The molecule has 0 radical (unpaired) electrons. The van der Waals surface area contributed by atoms with Crippen LogP contribution in [0.15, 0.2) is 16.6 Å². The minimum atomic E-state index is -0.587. The number of halogens is 1. The van der Waals surface area contributed by atoms with E-state index in [0.717, 1.165) is 12.8 Å². The molecule has 0 spiro atoms. The first-order valence-electron chi connectivity index (χ1n) is 7.33. The van der Waals surface area contributed by atoms with Gasteiger partial charge < -0.3 is 10.1 Å². The van der Waals surface area contributed by atoms with Crippen molar-refractivity contribution in [2.75, 3.05) is 19.0 Å². The Morgan fingerprint density at radius 2 is 2.09 bits per heavy atom. The Kier molecular flexibility index (Phi) is 5.76. The summed E-state index contributed by atoms with van der Waals surface area (Å²) in [6.07, 6.45) is 5.87. The van der Waals surface area contributed by atoms with Gasteiger partial charge in [-0.05, 0) is 24.8 Å². The van der Waals surface area contributed by atoms with Crippen LogP contribution >= 0.6 is 15.9 Å². The quantitative estimate of drug-likeness (QED) is 0.478. The summed E-state index contributed by atoms with van der Waals surface area (Å²) < 4.78 is 5.21. The molecule has 6 nitrogen and oxygen atoms in total. The number of nitrogens with zero attached hydrogens (tertiary/aromatic N) is 1. The molecule has 0 heterocycles. The van der Waals surface area contributed by atoms with Crippen molar-refractivity contribution < 1.29 is 14.5 Å². The molecule has 22 heavy (non-hydrogen) atoms. The van der Waals surface area contributed by atoms with Crippen LogP contribution in [0.5, 0.6) is 0 Å². The molecule has 1 aliphatic carbocycles. The fourth-order valence-corrected chi connectivity index (χ4v) is 3.28. The standard InChI is InChI=1S/C15H19BrN2O4/c1-22-15(19)12-7-11(16)8-13(18(20)21)14(12)17-9-10-5-3-2-4-6-10/h7-8,10,17H,2-6,9H2,1H3. The van der Waals surface area contributed by atoms with Crippen LogP contribution in [0, 0.1) is 16.0 Å². The average Bonchev–Trinajstić information content (AvgIpc) is 2.53. The minimum absolute atomic E-state index is 0.120. The highest BCUT2D eigenvalue weighted by Crippen LogP contribution is 2.34. The number of nitrogens with one attached hydrogen (secondary N) is 1. The third-order valence-electron chi connectivity index (χ3n) is 3.98. The van der Waals surface area contributed by atoms with Gasteiger partial charge in [-0.3, -0.25) is 10.1 Å². The lowest BCUT2D eigenvalue weighted by Gasteiger charge is -2.22. The summed E-state index contributed by atoms with van der Waals surface area (Å²) in [6, 6.07) is 2.94. The first kappa shape index (κ1) is 16.7. The van der Waals surface area contributed by atoms with Crippen molar-refractivity contribution >= 4 is 33.3 Å². The number of benzene rings is 1. The number of nitro groups is 1. The van der Waals surface area contributed by atoms with E-state index in [4.69, 9.17) is 4.74 Å². The van der Waals surface area contributed by atoms with Gasteiger partial charge in [0.15, 0.2) is 0 Å². The Morgan fingerprint density at radius 3 is 2.68 bits per heavy atom. The normalized spacial score (nSPS) is 15.4. The number of hydrogen-bond acceptors (Lipinski definition) is 5. The van der Waals surface area contributed by atoms with Crippen molar-refractivity contribution in [3.63, 3.8) is 0 Å². The van der Waals surface area contributed by atoms with Crippen molar-refractivity contribution in [3.05, 3.63) is 32.3 Å². The molecule has 0 aromatic heterocycles. The van der Waals surface area contributed by atoms with Crippen molar-refractivity contribution in [3.8, 4) is 0 Å². The molecule has 1 fully saturated rings. The largest absolute Gasteiger partial charge is 0.465 e. The van der Waals surface area contributed by atoms with E-state index < -0.39 is 10.9 Å². The van der Waals surface area contributed by atoms with Gasteiger partial charge >= 0.3 is 5.97 Å². The van der Waals surface area contributed by atoms with Crippen molar-refractivity contribution in [2.45, 2.75) is 32.1 Å². The minimum Gasteiger partial charge on any atom is -0.465 e. The summed E-state index contributed by atoms with van der Waals surface area (Å²) >= 11 is 3.20. The molecule has 0 atom stereocenters. The number of nitro benzene ring substituents is 1. The van der Waals surface area contributed by atoms with Crippen LogP contribution in [0.2, 0.25) is 0 Å². The molecule has 0 aliphatic heterocycles. The molecular weight excluding hydrogens is 352 g/mol. The van der Waals surface area contributed by atoms with Gasteiger partial charge in [-0.15, -0.1) is 0 Å². The second kappa shape index (κ2) is 7.58. The zero-order chi connectivity index (χ0) is 16.1. The summed E-state index contributed by atoms with van der Waals surface area (Å²) in [5.74, 6) is -0.0990. The van der Waals surface area contributed by atoms with Crippen LogP contribution in [0.1, 0.15) is 42.5 Å². The summed E-state index contributed by atoms with van der Waals surface area (Å²) in [4.78, 5) is 22.7. The van der Waals surface area contributed by atoms with Gasteiger partial charge in [-0.1, -0.05) is 35.2 Å². The van der Waals surface area contributed by atoms with Crippen LogP contribution in [0.4, 0.5) is 11.4 Å². The number of rotatable bonds is 5. The predicted octanol–water partition coefficient (Wildman–Crippen LogP) is 4.14. The number of carbonyl (C=O) groups excluding carboxylic acids is 1. The third kappa shape index (κ3) is 3.97. The summed E-state index contributed by atoms with van der Waals surface area (Å²) in [5, 5.41) is 14.4. The van der Waals surface area contributed by atoms with Gasteiger partial charge in [0.25, 0.3) is 5.69 Å². The Balaban J connectivity index is 2.29. The molecule has 2 rings (SSSR count). The molecule has 120 valence electrons. The Hall–Kier alpha value is -1.63. The van der Waals surface area contributed by atoms with E-state index in [2.05, 4.69) is 21.2 Å². The Morgan fingerprint density at radius 1 is 1.41 bits per heavy atom. The number of esters is 1. The maximum Gasteiger partial charge on any atom is 0.340 e. The number of hydrogen-bond donors (Lipinski definition) is 1. The van der Waals surface area contributed by atoms with E-state index in [1.165, 1.54) is 32.4 Å². The SMILES string of the molecule is COC(=O)c1cc(Br)cc([N+](=O)[O-])c1NCC1CCCCC1. The second-order valence-electron chi connectivity index (χ2n) is 5.48. The molecule has 0 amide bonds. The third-order valence-corrected chi connectivity index (χ3v) is 4.43. The van der Waals surface area contributed by atoms with Crippen LogP contribution in [0.3, 0.4) is 0 Å². The molecular formula is C15H19BrN2O4. The summed E-state index contributed by atoms with van der Waals surface area (Å²) in [5.41, 5.74) is 0.301. The van der Waals surface area contributed by atoms with Gasteiger partial charge in [-0.25, -0.2) is 4.79 Å².